The van der Waals surface area contributed by atoms with Crippen molar-refractivity contribution < 1.29 is 22.8 Å². The summed E-state index contributed by atoms with van der Waals surface area (Å²) in [5.41, 5.74) is -1.22. The Labute approximate surface area is 219 Å². The second kappa shape index (κ2) is 12.2. The van der Waals surface area contributed by atoms with Gasteiger partial charge in [-0.2, -0.15) is 0 Å². The number of hydrogen-bond acceptors (Lipinski definition) is 6. The van der Waals surface area contributed by atoms with Gasteiger partial charge in [-0.1, -0.05) is 12.2 Å². The maximum Gasteiger partial charge on any atom is 0.327 e. The topological polar surface area (TPSA) is 98.3 Å². The number of carbonyl (C=O) groups is 3. The standard InChI is InChI=1S/C23H40N4O5S3/c1-7-24-16-18(28)26(20(24)29)22(3,4)10-14-34(31)12-9-13-35(32)15-11-23(5,6)27-19(33)17-25(8-2)21(27)30/h7-17H2,1-6H3. The minimum atomic E-state index is -1.13. The molecule has 0 spiro atoms. The number of urea groups is 2. The molecular formula is C23H40N4O5S3. The van der Waals surface area contributed by atoms with Gasteiger partial charge >= 0.3 is 12.1 Å². The third kappa shape index (κ3) is 7.31. The SMILES string of the molecule is CCN1CC(=O)N(C(C)(C)CCS(=O)CCCS(=O)CCC(C)(C)N2C(=O)N(CC)CC2=S)C1=O. The van der Waals surface area contributed by atoms with Crippen molar-refractivity contribution in [3.8, 4) is 0 Å². The fourth-order valence-corrected chi connectivity index (χ4v) is 7.78. The number of amides is 5. The summed E-state index contributed by atoms with van der Waals surface area (Å²) < 4.78 is 25.1. The van der Waals surface area contributed by atoms with Crippen LogP contribution in [0.25, 0.3) is 0 Å². The molecule has 5 amide bonds. The predicted molar refractivity (Wildman–Crippen MR) is 144 cm³/mol. The fourth-order valence-electron chi connectivity index (χ4n) is 4.32. The Bertz CT molecular complexity index is 822. The van der Waals surface area contributed by atoms with E-state index in [4.69, 9.17) is 12.2 Å². The lowest BCUT2D eigenvalue weighted by atomic mass is 10.00. The minimum absolute atomic E-state index is 0.0914. The van der Waals surface area contributed by atoms with Gasteiger partial charge < -0.3 is 9.80 Å². The number of nitrogens with zero attached hydrogens (tertiary/aromatic N) is 4. The van der Waals surface area contributed by atoms with E-state index in [1.165, 1.54) is 9.80 Å². The van der Waals surface area contributed by atoms with E-state index < -0.39 is 32.7 Å². The number of imide groups is 1. The molecule has 0 aromatic heterocycles. The van der Waals surface area contributed by atoms with Crippen molar-refractivity contribution in [2.45, 2.75) is 71.9 Å². The quantitative estimate of drug-likeness (QED) is 0.244. The van der Waals surface area contributed by atoms with Gasteiger partial charge in [0.05, 0.1) is 6.54 Å². The molecule has 12 heteroatoms. The molecule has 35 heavy (non-hydrogen) atoms. The third-order valence-corrected chi connectivity index (χ3v) is 9.79. The first kappa shape index (κ1) is 29.8. The maximum atomic E-state index is 12.6. The Morgan fingerprint density at radius 3 is 1.60 bits per heavy atom. The van der Waals surface area contributed by atoms with E-state index in [0.29, 0.717) is 66.9 Å². The van der Waals surface area contributed by atoms with Crippen molar-refractivity contribution >= 4 is 56.8 Å². The van der Waals surface area contributed by atoms with Crippen LogP contribution in [0.5, 0.6) is 0 Å². The molecule has 2 aliphatic rings. The number of thiocarbonyl (C=S) groups is 1. The molecule has 0 N–H and O–H groups in total. The Morgan fingerprint density at radius 2 is 1.17 bits per heavy atom. The predicted octanol–water partition coefficient (Wildman–Crippen LogP) is 2.58. The smallest absolute Gasteiger partial charge is 0.318 e. The molecule has 9 nitrogen and oxygen atoms in total. The van der Waals surface area contributed by atoms with Gasteiger partial charge in [-0.3, -0.25) is 23.0 Å². The van der Waals surface area contributed by atoms with Gasteiger partial charge in [0.2, 0.25) is 0 Å². The van der Waals surface area contributed by atoms with Gasteiger partial charge in [0.1, 0.15) is 11.5 Å². The summed E-state index contributed by atoms with van der Waals surface area (Å²) in [7, 11) is -2.21. The average molecular weight is 549 g/mol. The van der Waals surface area contributed by atoms with Gasteiger partial charge in [-0.15, -0.1) is 0 Å². The number of likely N-dealkylation sites (N-methyl/N-ethyl adjacent to an activating group) is 2. The number of hydrogen-bond donors (Lipinski definition) is 0. The van der Waals surface area contributed by atoms with Crippen LogP contribution in [0, 0.1) is 0 Å². The first-order chi connectivity index (χ1) is 16.2. The van der Waals surface area contributed by atoms with Crippen LogP contribution in [-0.2, 0) is 26.4 Å². The molecular weight excluding hydrogens is 508 g/mol. The van der Waals surface area contributed by atoms with E-state index >= 15 is 0 Å². The highest BCUT2D eigenvalue weighted by atomic mass is 32.2. The zero-order valence-electron chi connectivity index (χ0n) is 21.8. The first-order valence-corrected chi connectivity index (χ1v) is 15.6. The Hall–Kier alpha value is -1.40. The van der Waals surface area contributed by atoms with Crippen molar-refractivity contribution in [2.75, 3.05) is 49.2 Å². The van der Waals surface area contributed by atoms with Crippen molar-refractivity contribution in [1.82, 2.24) is 19.6 Å². The lowest BCUT2D eigenvalue weighted by molar-refractivity contribution is -0.128. The van der Waals surface area contributed by atoms with Gasteiger partial charge in [0, 0.05) is 68.8 Å². The van der Waals surface area contributed by atoms with Crippen molar-refractivity contribution in [2.24, 2.45) is 0 Å². The van der Waals surface area contributed by atoms with Crippen LogP contribution >= 0.6 is 12.2 Å². The molecule has 2 heterocycles. The van der Waals surface area contributed by atoms with Gasteiger partial charge in [0.25, 0.3) is 5.91 Å². The third-order valence-electron chi connectivity index (χ3n) is 6.68. The number of rotatable bonds is 14. The molecule has 2 rings (SSSR count). The maximum absolute atomic E-state index is 12.6. The van der Waals surface area contributed by atoms with Gasteiger partial charge in [-0.05, 0) is 60.8 Å². The summed E-state index contributed by atoms with van der Waals surface area (Å²) in [5.74, 6) is 1.47. The Morgan fingerprint density at radius 1 is 0.743 bits per heavy atom. The molecule has 2 atom stereocenters. The molecule has 2 fully saturated rings. The Balaban J connectivity index is 1.74. The summed E-state index contributed by atoms with van der Waals surface area (Å²) in [5, 5.41) is 0. The molecule has 200 valence electrons. The van der Waals surface area contributed by atoms with Crippen LogP contribution in [0.1, 0.15) is 60.8 Å². The molecule has 0 saturated carbocycles. The second-order valence-corrected chi connectivity index (χ2v) is 14.1. The number of carbonyl (C=O) groups excluding carboxylic acids is 3. The largest absolute Gasteiger partial charge is 0.327 e. The van der Waals surface area contributed by atoms with Gasteiger partial charge in [-0.25, -0.2) is 9.59 Å². The second-order valence-electron chi connectivity index (χ2n) is 10.2. The summed E-state index contributed by atoms with van der Waals surface area (Å²) in [6, 6.07) is -0.378. The molecule has 2 unspecified atom stereocenters. The van der Waals surface area contributed by atoms with E-state index in [2.05, 4.69) is 0 Å². The van der Waals surface area contributed by atoms with E-state index in [1.807, 2.05) is 41.5 Å². The minimum Gasteiger partial charge on any atom is -0.318 e. The summed E-state index contributed by atoms with van der Waals surface area (Å²) >= 11 is 5.41. The highest BCUT2D eigenvalue weighted by molar-refractivity contribution is 7.85. The summed E-state index contributed by atoms with van der Waals surface area (Å²) in [6.07, 6.45) is 1.58. The first-order valence-electron chi connectivity index (χ1n) is 12.2. The molecule has 2 aliphatic heterocycles. The fraction of sp³-hybridized carbons (Fsp3) is 0.826. The highest BCUT2D eigenvalue weighted by Crippen LogP contribution is 2.27. The van der Waals surface area contributed by atoms with Crippen molar-refractivity contribution in [1.29, 1.82) is 0 Å². The van der Waals surface area contributed by atoms with Crippen LogP contribution in [0.2, 0.25) is 0 Å². The molecule has 2 saturated heterocycles. The zero-order chi connectivity index (χ0) is 26.6. The van der Waals surface area contributed by atoms with Crippen LogP contribution in [0.15, 0.2) is 0 Å². The van der Waals surface area contributed by atoms with E-state index in [-0.39, 0.29) is 24.5 Å². The van der Waals surface area contributed by atoms with Crippen LogP contribution < -0.4 is 0 Å². The van der Waals surface area contributed by atoms with Crippen LogP contribution in [0.3, 0.4) is 0 Å². The van der Waals surface area contributed by atoms with E-state index in [1.54, 1.807) is 9.80 Å². The normalized spacial score (nSPS) is 19.4. The van der Waals surface area contributed by atoms with Crippen LogP contribution in [0.4, 0.5) is 9.59 Å². The molecule has 0 bridgehead atoms. The Kier molecular flexibility index (Phi) is 10.4. The lowest BCUT2D eigenvalue weighted by Gasteiger charge is -2.35. The summed E-state index contributed by atoms with van der Waals surface area (Å²) in [4.78, 5) is 44.1. The van der Waals surface area contributed by atoms with Crippen LogP contribution in [-0.4, -0.2) is 111 Å². The van der Waals surface area contributed by atoms with Gasteiger partial charge in [0.15, 0.2) is 0 Å². The molecule has 0 aromatic carbocycles. The molecule has 0 aliphatic carbocycles. The molecule has 0 aromatic rings. The molecule has 0 radical (unpaired) electrons. The highest BCUT2D eigenvalue weighted by Gasteiger charge is 2.44. The average Bonchev–Trinajstić information content (AvgIpc) is 3.24. The zero-order valence-corrected chi connectivity index (χ0v) is 24.3. The lowest BCUT2D eigenvalue weighted by Crippen LogP contribution is -2.49. The van der Waals surface area contributed by atoms with Crippen molar-refractivity contribution in [3.05, 3.63) is 0 Å². The van der Waals surface area contributed by atoms with E-state index in [0.717, 1.165) is 0 Å². The summed E-state index contributed by atoms with van der Waals surface area (Å²) in [6.45, 7) is 12.9. The monoisotopic (exact) mass is 548 g/mol. The van der Waals surface area contributed by atoms with E-state index in [9.17, 15) is 22.8 Å². The van der Waals surface area contributed by atoms with Crippen molar-refractivity contribution in [3.63, 3.8) is 0 Å².